The Bertz CT molecular complexity index is 1180. The molecule has 0 radical (unpaired) electrons. The summed E-state index contributed by atoms with van der Waals surface area (Å²) in [5, 5.41) is 0.601. The van der Waals surface area contributed by atoms with Crippen molar-refractivity contribution < 1.29 is 13.2 Å². The SMILES string of the molecule is O=C(/C=C/c1cccc(Cl)c1)N1CCN(S(=O)(=O)c2cccc3nsnc23)CC1. The van der Waals surface area contributed by atoms with Gasteiger partial charge in [-0.3, -0.25) is 4.79 Å². The lowest BCUT2D eigenvalue weighted by Gasteiger charge is -2.33. The summed E-state index contributed by atoms with van der Waals surface area (Å²) in [5.74, 6) is -0.159. The van der Waals surface area contributed by atoms with E-state index in [0.717, 1.165) is 17.3 Å². The molecule has 0 aliphatic carbocycles. The summed E-state index contributed by atoms with van der Waals surface area (Å²) < 4.78 is 35.7. The molecule has 3 aromatic rings. The standard InChI is InChI=1S/C19H17ClN4O3S2/c20-15-4-1-3-14(13-15)7-8-18(25)23-9-11-24(12-10-23)29(26,27)17-6-2-5-16-19(17)22-28-21-16/h1-8,13H,9-12H2/b8-7+. The van der Waals surface area contributed by atoms with Crippen LogP contribution < -0.4 is 0 Å². The van der Waals surface area contributed by atoms with Crippen LogP contribution in [-0.2, 0) is 14.8 Å². The van der Waals surface area contributed by atoms with Crippen LogP contribution >= 0.6 is 23.3 Å². The van der Waals surface area contributed by atoms with E-state index in [1.807, 2.05) is 12.1 Å². The summed E-state index contributed by atoms with van der Waals surface area (Å²) >= 11 is 6.93. The molecule has 0 bridgehead atoms. The Balaban J connectivity index is 1.43. The molecule has 0 spiro atoms. The van der Waals surface area contributed by atoms with Crippen molar-refractivity contribution in [1.82, 2.24) is 18.0 Å². The van der Waals surface area contributed by atoms with Gasteiger partial charge in [0, 0.05) is 37.3 Å². The maximum Gasteiger partial charge on any atom is 0.246 e. The van der Waals surface area contributed by atoms with Crippen molar-refractivity contribution in [2.45, 2.75) is 4.90 Å². The Morgan fingerprint density at radius 2 is 1.83 bits per heavy atom. The summed E-state index contributed by atoms with van der Waals surface area (Å²) in [6.07, 6.45) is 3.19. The monoisotopic (exact) mass is 448 g/mol. The van der Waals surface area contributed by atoms with Crippen LogP contribution in [-0.4, -0.2) is 58.5 Å². The van der Waals surface area contributed by atoms with Crippen LogP contribution in [0.2, 0.25) is 5.02 Å². The van der Waals surface area contributed by atoms with Gasteiger partial charge in [-0.25, -0.2) is 8.42 Å². The van der Waals surface area contributed by atoms with Crippen molar-refractivity contribution in [3.05, 3.63) is 59.1 Å². The molecular weight excluding hydrogens is 432 g/mol. The zero-order valence-corrected chi connectivity index (χ0v) is 17.6. The van der Waals surface area contributed by atoms with E-state index in [0.29, 0.717) is 29.1 Å². The zero-order chi connectivity index (χ0) is 20.4. The fourth-order valence-corrected chi connectivity index (χ4v) is 5.53. The number of piperazine rings is 1. The summed E-state index contributed by atoms with van der Waals surface area (Å²) in [7, 11) is -3.70. The van der Waals surface area contributed by atoms with Gasteiger partial charge in [-0.1, -0.05) is 29.8 Å². The Labute approximate surface area is 177 Å². The zero-order valence-electron chi connectivity index (χ0n) is 15.2. The lowest BCUT2D eigenvalue weighted by atomic mass is 10.2. The lowest BCUT2D eigenvalue weighted by Crippen LogP contribution is -2.50. The number of rotatable bonds is 4. The number of fused-ring (bicyclic) bond motifs is 1. The smallest absolute Gasteiger partial charge is 0.246 e. The van der Waals surface area contributed by atoms with Crippen molar-refractivity contribution in [1.29, 1.82) is 0 Å². The highest BCUT2D eigenvalue weighted by molar-refractivity contribution is 7.89. The molecule has 1 fully saturated rings. The van der Waals surface area contributed by atoms with Crippen LogP contribution in [0, 0.1) is 0 Å². The first-order valence-corrected chi connectivity index (χ1v) is 11.4. The first kappa shape index (κ1) is 20.0. The quantitative estimate of drug-likeness (QED) is 0.573. The van der Waals surface area contributed by atoms with Crippen molar-refractivity contribution in [3.63, 3.8) is 0 Å². The number of sulfonamides is 1. The maximum atomic E-state index is 13.1. The molecule has 1 aliphatic heterocycles. The van der Waals surface area contributed by atoms with Gasteiger partial charge in [0.25, 0.3) is 0 Å². The second-order valence-corrected chi connectivity index (χ2v) is 9.38. The highest BCUT2D eigenvalue weighted by atomic mass is 35.5. The number of nitrogens with zero attached hydrogens (tertiary/aromatic N) is 4. The Morgan fingerprint density at radius 1 is 1.07 bits per heavy atom. The van der Waals surface area contributed by atoms with Crippen molar-refractivity contribution >= 4 is 56.4 Å². The first-order chi connectivity index (χ1) is 13.9. The van der Waals surface area contributed by atoms with Crippen LogP contribution in [0.15, 0.2) is 53.4 Å². The minimum atomic E-state index is -3.70. The van der Waals surface area contributed by atoms with Crippen LogP contribution in [0.4, 0.5) is 0 Å². The topological polar surface area (TPSA) is 83.5 Å². The van der Waals surface area contributed by atoms with Gasteiger partial charge >= 0.3 is 0 Å². The van der Waals surface area contributed by atoms with Crippen molar-refractivity contribution in [3.8, 4) is 0 Å². The summed E-state index contributed by atoms with van der Waals surface area (Å²) in [4.78, 5) is 14.2. The lowest BCUT2D eigenvalue weighted by molar-refractivity contribution is -0.127. The molecule has 1 aromatic heterocycles. The summed E-state index contributed by atoms with van der Waals surface area (Å²) in [5.41, 5.74) is 1.79. The molecule has 150 valence electrons. The van der Waals surface area contributed by atoms with Crippen LogP contribution in [0.5, 0.6) is 0 Å². The molecule has 2 aromatic carbocycles. The third-order valence-corrected chi connectivity index (χ3v) is 7.39. The normalized spacial score (nSPS) is 16.0. The minimum absolute atomic E-state index is 0.157. The predicted molar refractivity (Wildman–Crippen MR) is 113 cm³/mol. The summed E-state index contributed by atoms with van der Waals surface area (Å²) in [6, 6.07) is 12.1. The van der Waals surface area contributed by atoms with Gasteiger partial charge in [-0.05, 0) is 35.9 Å². The van der Waals surface area contributed by atoms with E-state index >= 15 is 0 Å². The van der Waals surface area contributed by atoms with Crippen LogP contribution in [0.3, 0.4) is 0 Å². The Kier molecular flexibility index (Phi) is 5.64. The second-order valence-electron chi connectivity index (χ2n) is 6.51. The fraction of sp³-hybridized carbons (Fsp3) is 0.211. The van der Waals surface area contributed by atoms with Crippen molar-refractivity contribution in [2.75, 3.05) is 26.2 Å². The van der Waals surface area contributed by atoms with Gasteiger partial charge in [0.2, 0.25) is 15.9 Å². The molecule has 0 unspecified atom stereocenters. The Hall–Kier alpha value is -2.33. The van der Waals surface area contributed by atoms with Gasteiger partial charge in [0.15, 0.2) is 0 Å². The summed E-state index contributed by atoms with van der Waals surface area (Å²) in [6.45, 7) is 1.10. The van der Waals surface area contributed by atoms with Crippen LogP contribution in [0.25, 0.3) is 17.1 Å². The van der Waals surface area contributed by atoms with E-state index in [2.05, 4.69) is 8.75 Å². The molecule has 0 N–H and O–H groups in total. The van der Waals surface area contributed by atoms with Gasteiger partial charge < -0.3 is 4.90 Å². The number of carbonyl (C=O) groups excluding carboxylic acids is 1. The molecule has 4 rings (SSSR count). The highest BCUT2D eigenvalue weighted by Crippen LogP contribution is 2.25. The second kappa shape index (κ2) is 8.19. The molecule has 1 aliphatic rings. The van der Waals surface area contributed by atoms with E-state index in [9.17, 15) is 13.2 Å². The van der Waals surface area contributed by atoms with Crippen LogP contribution in [0.1, 0.15) is 5.56 Å². The average Bonchev–Trinajstić information content (AvgIpc) is 3.21. The van der Waals surface area contributed by atoms with E-state index in [1.54, 1.807) is 41.3 Å². The molecule has 0 atom stereocenters. The molecule has 7 nitrogen and oxygen atoms in total. The average molecular weight is 449 g/mol. The molecule has 10 heteroatoms. The molecular formula is C19H17ClN4O3S2. The van der Waals surface area contributed by atoms with Gasteiger partial charge in [-0.15, -0.1) is 0 Å². The van der Waals surface area contributed by atoms with Crippen molar-refractivity contribution in [2.24, 2.45) is 0 Å². The number of carbonyl (C=O) groups is 1. The number of hydrogen-bond donors (Lipinski definition) is 0. The highest BCUT2D eigenvalue weighted by Gasteiger charge is 2.31. The molecule has 2 heterocycles. The van der Waals surface area contributed by atoms with Gasteiger partial charge in [-0.2, -0.15) is 13.1 Å². The molecule has 1 amide bonds. The Morgan fingerprint density at radius 3 is 2.59 bits per heavy atom. The number of benzene rings is 2. The number of halogens is 1. The van der Waals surface area contributed by atoms with Gasteiger partial charge in [0.1, 0.15) is 15.9 Å². The third-order valence-electron chi connectivity index (χ3n) is 4.68. The van der Waals surface area contributed by atoms with Gasteiger partial charge in [0.05, 0.1) is 11.7 Å². The van der Waals surface area contributed by atoms with E-state index < -0.39 is 10.0 Å². The van der Waals surface area contributed by atoms with E-state index in [1.165, 1.54) is 10.4 Å². The number of amides is 1. The first-order valence-electron chi connectivity index (χ1n) is 8.89. The number of aromatic nitrogens is 2. The van der Waals surface area contributed by atoms with E-state index in [-0.39, 0.29) is 23.9 Å². The molecule has 0 saturated carbocycles. The molecule has 1 saturated heterocycles. The number of hydrogen-bond acceptors (Lipinski definition) is 6. The fourth-order valence-electron chi connectivity index (χ4n) is 3.16. The minimum Gasteiger partial charge on any atom is -0.337 e. The third kappa shape index (κ3) is 4.18. The molecule has 29 heavy (non-hydrogen) atoms. The predicted octanol–water partition coefficient (Wildman–Crippen LogP) is 2.89. The maximum absolute atomic E-state index is 13.1. The van der Waals surface area contributed by atoms with E-state index in [4.69, 9.17) is 11.6 Å². The largest absolute Gasteiger partial charge is 0.337 e.